The van der Waals surface area contributed by atoms with Crippen LogP contribution in [0, 0.1) is 20.2 Å². The van der Waals surface area contributed by atoms with E-state index in [2.05, 4.69) is 30.7 Å². The van der Waals surface area contributed by atoms with Crippen LogP contribution >= 0.6 is 0 Å². The van der Waals surface area contributed by atoms with E-state index in [0.29, 0.717) is 26.2 Å². The van der Waals surface area contributed by atoms with Crippen LogP contribution in [0.15, 0.2) is 55.0 Å². The molecule has 0 aliphatic carbocycles. The Morgan fingerprint density at radius 1 is 0.912 bits per heavy atom. The Kier molecular flexibility index (Phi) is 6.38. The molecule has 1 aliphatic rings. The number of anilines is 3. The third-order valence-electron chi connectivity index (χ3n) is 5.15. The van der Waals surface area contributed by atoms with Gasteiger partial charge in [-0.25, -0.2) is 15.0 Å². The summed E-state index contributed by atoms with van der Waals surface area (Å²) in [6.07, 6.45) is 2.87. The van der Waals surface area contributed by atoms with Gasteiger partial charge in [0.1, 0.15) is 12.1 Å². The molecule has 4 rings (SSSR count). The van der Waals surface area contributed by atoms with Crippen molar-refractivity contribution in [1.82, 2.24) is 20.4 Å². The van der Waals surface area contributed by atoms with Gasteiger partial charge in [-0.1, -0.05) is 12.1 Å². The van der Waals surface area contributed by atoms with Crippen molar-refractivity contribution in [1.29, 1.82) is 0 Å². The van der Waals surface area contributed by atoms with Crippen molar-refractivity contribution in [3.8, 4) is 0 Å². The van der Waals surface area contributed by atoms with Gasteiger partial charge in [-0.2, -0.15) is 0 Å². The number of hydrogen-bond donors (Lipinski definition) is 2. The predicted octanol–water partition coefficient (Wildman–Crippen LogP) is 1.77. The lowest BCUT2D eigenvalue weighted by Crippen LogP contribution is -2.47. The topological polar surface area (TPSA) is 173 Å². The average molecular weight is 465 g/mol. The molecule has 14 nitrogen and oxygen atoms in total. The van der Waals surface area contributed by atoms with Crippen molar-refractivity contribution in [2.75, 3.05) is 41.4 Å². The molecule has 0 bridgehead atoms. The zero-order chi connectivity index (χ0) is 24.1. The van der Waals surface area contributed by atoms with Crippen molar-refractivity contribution < 1.29 is 14.6 Å². The third-order valence-corrected chi connectivity index (χ3v) is 5.15. The van der Waals surface area contributed by atoms with Gasteiger partial charge in [-0.15, -0.1) is 0 Å². The second kappa shape index (κ2) is 9.72. The first-order chi connectivity index (χ1) is 16.4. The molecule has 0 atom stereocenters. The van der Waals surface area contributed by atoms with Crippen LogP contribution in [0.25, 0.3) is 0 Å². The minimum Gasteiger partial charge on any atom is -0.353 e. The summed E-state index contributed by atoms with van der Waals surface area (Å²) in [4.78, 5) is 50.1. The molecule has 1 aliphatic heterocycles. The molecule has 1 fully saturated rings. The minimum absolute atomic E-state index is 0.00396. The summed E-state index contributed by atoms with van der Waals surface area (Å²) in [5.41, 5.74) is 4.09. The molecular weight excluding hydrogens is 446 g/mol. The molecule has 174 valence electrons. The number of rotatable bonds is 7. The number of non-ortho nitro benzene ring substituents is 1. The predicted molar refractivity (Wildman–Crippen MR) is 122 cm³/mol. The van der Waals surface area contributed by atoms with Crippen LogP contribution in [0.4, 0.5) is 28.8 Å². The Morgan fingerprint density at radius 2 is 1.68 bits per heavy atom. The molecule has 0 spiro atoms. The van der Waals surface area contributed by atoms with E-state index in [-0.39, 0.29) is 22.9 Å². The van der Waals surface area contributed by atoms with E-state index >= 15 is 0 Å². The van der Waals surface area contributed by atoms with Gasteiger partial charge in [-0.3, -0.25) is 35.9 Å². The molecule has 34 heavy (non-hydrogen) atoms. The van der Waals surface area contributed by atoms with Crippen LogP contribution < -0.4 is 20.7 Å². The fourth-order valence-electron chi connectivity index (χ4n) is 3.50. The summed E-state index contributed by atoms with van der Waals surface area (Å²) in [5, 5.41) is 22.8. The SMILES string of the molecule is O=C(NNc1ncnc(N2CCN(c3ccccn3)CC2)c1[N+](=O)[O-])c1cccc([N+](=O)[O-])c1. The smallest absolute Gasteiger partial charge is 0.353 e. The van der Waals surface area contributed by atoms with Crippen molar-refractivity contribution in [3.05, 3.63) is 80.8 Å². The highest BCUT2D eigenvalue weighted by atomic mass is 16.6. The summed E-state index contributed by atoms with van der Waals surface area (Å²) in [6, 6.07) is 10.7. The van der Waals surface area contributed by atoms with Crippen molar-refractivity contribution in [2.45, 2.75) is 0 Å². The third kappa shape index (κ3) is 4.79. The molecule has 3 heterocycles. The van der Waals surface area contributed by atoms with E-state index in [1.807, 2.05) is 18.2 Å². The van der Waals surface area contributed by atoms with Crippen LogP contribution in [-0.2, 0) is 0 Å². The number of carbonyl (C=O) groups is 1. The first-order valence-electron chi connectivity index (χ1n) is 10.1. The lowest BCUT2D eigenvalue weighted by atomic mass is 10.2. The van der Waals surface area contributed by atoms with Crippen molar-refractivity contribution in [2.24, 2.45) is 0 Å². The number of amides is 1. The van der Waals surface area contributed by atoms with Crippen LogP contribution in [0.5, 0.6) is 0 Å². The summed E-state index contributed by atoms with van der Waals surface area (Å²) >= 11 is 0. The van der Waals surface area contributed by atoms with Gasteiger partial charge < -0.3 is 9.80 Å². The van der Waals surface area contributed by atoms with Crippen molar-refractivity contribution in [3.63, 3.8) is 0 Å². The molecule has 14 heteroatoms. The number of piperazine rings is 1. The lowest BCUT2D eigenvalue weighted by molar-refractivity contribution is -0.384. The van der Waals surface area contributed by atoms with Gasteiger partial charge >= 0.3 is 5.69 Å². The van der Waals surface area contributed by atoms with Crippen LogP contribution in [0.2, 0.25) is 0 Å². The Balaban J connectivity index is 1.48. The number of carbonyl (C=O) groups excluding carboxylic acids is 1. The van der Waals surface area contributed by atoms with Crippen LogP contribution in [0.3, 0.4) is 0 Å². The minimum atomic E-state index is -0.720. The van der Waals surface area contributed by atoms with Gasteiger partial charge in [0.25, 0.3) is 11.6 Å². The number of pyridine rings is 1. The maximum Gasteiger partial charge on any atom is 0.355 e. The summed E-state index contributed by atoms with van der Waals surface area (Å²) in [7, 11) is 0. The number of hydrogen-bond acceptors (Lipinski definition) is 11. The van der Waals surface area contributed by atoms with E-state index in [1.165, 1.54) is 18.2 Å². The molecule has 0 radical (unpaired) electrons. The molecule has 2 aromatic heterocycles. The van der Waals surface area contributed by atoms with E-state index in [1.54, 1.807) is 11.1 Å². The summed E-state index contributed by atoms with van der Waals surface area (Å²) in [5.74, 6) is 0.0152. The Hall–Kier alpha value is -4.88. The second-order valence-electron chi connectivity index (χ2n) is 7.20. The number of nitrogens with one attached hydrogen (secondary N) is 2. The normalized spacial score (nSPS) is 13.3. The molecular formula is C20H19N9O5. The maximum atomic E-state index is 12.4. The van der Waals surface area contributed by atoms with Gasteiger partial charge in [0.15, 0.2) is 0 Å². The zero-order valence-electron chi connectivity index (χ0n) is 17.7. The fraction of sp³-hybridized carbons (Fsp3) is 0.200. The van der Waals surface area contributed by atoms with Gasteiger partial charge in [0, 0.05) is 50.1 Å². The molecule has 3 aromatic rings. The average Bonchev–Trinajstić information content (AvgIpc) is 2.87. The van der Waals surface area contributed by atoms with Gasteiger partial charge in [-0.05, 0) is 18.2 Å². The van der Waals surface area contributed by atoms with E-state index in [4.69, 9.17) is 0 Å². The first-order valence-corrected chi connectivity index (χ1v) is 10.1. The monoisotopic (exact) mass is 465 g/mol. The maximum absolute atomic E-state index is 12.4. The highest BCUT2D eigenvalue weighted by Crippen LogP contribution is 2.32. The molecule has 2 N–H and O–H groups in total. The lowest BCUT2D eigenvalue weighted by Gasteiger charge is -2.35. The molecule has 1 saturated heterocycles. The molecule has 1 amide bonds. The Morgan fingerprint density at radius 3 is 2.35 bits per heavy atom. The summed E-state index contributed by atoms with van der Waals surface area (Å²) in [6.45, 7) is 2.11. The fourth-order valence-corrected chi connectivity index (χ4v) is 3.50. The van der Waals surface area contributed by atoms with Gasteiger partial charge in [0.05, 0.1) is 9.85 Å². The van der Waals surface area contributed by atoms with Gasteiger partial charge in [0.2, 0.25) is 11.6 Å². The highest BCUT2D eigenvalue weighted by molar-refractivity contribution is 5.95. The highest BCUT2D eigenvalue weighted by Gasteiger charge is 2.30. The zero-order valence-corrected chi connectivity index (χ0v) is 17.7. The number of hydrazine groups is 1. The number of nitro benzene ring substituents is 1. The standard InChI is InChI=1S/C20H19N9O5/c30-20(14-4-3-5-15(12-14)28(31)32)25-24-18-17(29(33)34)19(23-13-22-18)27-10-8-26(9-11-27)16-6-1-2-7-21-16/h1-7,12-13H,8-11H2,(H,25,30)(H,22,23,24). The Labute approximate surface area is 192 Å². The van der Waals surface area contributed by atoms with E-state index < -0.39 is 21.4 Å². The van der Waals surface area contributed by atoms with Crippen LogP contribution in [-0.4, -0.2) is 56.9 Å². The number of benzene rings is 1. The second-order valence-corrected chi connectivity index (χ2v) is 7.20. The molecule has 1 aromatic carbocycles. The first kappa shape index (κ1) is 22.3. The number of aromatic nitrogens is 3. The number of nitro groups is 2. The van der Waals surface area contributed by atoms with E-state index in [0.717, 1.165) is 18.2 Å². The van der Waals surface area contributed by atoms with E-state index in [9.17, 15) is 25.0 Å². The summed E-state index contributed by atoms with van der Waals surface area (Å²) < 4.78 is 0. The number of nitrogens with zero attached hydrogens (tertiary/aromatic N) is 7. The van der Waals surface area contributed by atoms with Crippen molar-refractivity contribution >= 4 is 34.7 Å². The molecule has 0 saturated carbocycles. The molecule has 0 unspecified atom stereocenters. The quantitative estimate of drug-likeness (QED) is 0.384. The Bertz CT molecular complexity index is 1220. The van der Waals surface area contributed by atoms with Crippen LogP contribution in [0.1, 0.15) is 10.4 Å². The largest absolute Gasteiger partial charge is 0.355 e.